The van der Waals surface area contributed by atoms with Crippen molar-refractivity contribution in [1.82, 2.24) is 15.5 Å². The van der Waals surface area contributed by atoms with Crippen LogP contribution in [0.15, 0.2) is 72.8 Å². The molecule has 3 aromatic carbocycles. The van der Waals surface area contributed by atoms with Gasteiger partial charge in [0.1, 0.15) is 23.6 Å². The molecule has 1 aliphatic carbocycles. The molecule has 1 spiro atoms. The van der Waals surface area contributed by atoms with Crippen molar-refractivity contribution in [3.63, 3.8) is 0 Å². The highest BCUT2D eigenvalue weighted by atomic mass is 16.5. The van der Waals surface area contributed by atoms with Crippen molar-refractivity contribution < 1.29 is 23.9 Å². The van der Waals surface area contributed by atoms with Gasteiger partial charge < -0.3 is 20.1 Å². The number of rotatable bonds is 7. The van der Waals surface area contributed by atoms with E-state index in [4.69, 9.17) is 9.47 Å². The van der Waals surface area contributed by atoms with E-state index in [2.05, 4.69) is 10.6 Å². The Morgan fingerprint density at radius 1 is 0.946 bits per heavy atom. The second-order valence-electron chi connectivity index (χ2n) is 9.28. The average molecular weight is 500 g/mol. The standard InChI is InChI=1S/C29H29N3O5/c1-36-22-13-9-20(10-14-22)26(21-11-15-23(37-2)16-12-21)30-25(33)18-32-27(34)29(31-28(32)35)17-5-7-19-6-3-4-8-24(19)29/h3-4,6,8-16,26H,5,7,17-18H2,1-2H3,(H,30,33)(H,31,35). The molecule has 1 saturated heterocycles. The van der Waals surface area contributed by atoms with Crippen LogP contribution < -0.4 is 20.1 Å². The van der Waals surface area contributed by atoms with Crippen LogP contribution in [0.25, 0.3) is 0 Å². The van der Waals surface area contributed by atoms with Crippen LogP contribution in [0.3, 0.4) is 0 Å². The summed E-state index contributed by atoms with van der Waals surface area (Å²) in [6.45, 7) is -0.378. The maximum Gasteiger partial charge on any atom is 0.325 e. The van der Waals surface area contributed by atoms with Crippen molar-refractivity contribution in [2.75, 3.05) is 20.8 Å². The monoisotopic (exact) mass is 499 g/mol. The van der Waals surface area contributed by atoms with Crippen LogP contribution in [0.1, 0.15) is 41.1 Å². The first-order valence-electron chi connectivity index (χ1n) is 12.2. The van der Waals surface area contributed by atoms with E-state index < -0.39 is 23.5 Å². The molecule has 2 N–H and O–H groups in total. The summed E-state index contributed by atoms with van der Waals surface area (Å²) >= 11 is 0. The molecular formula is C29H29N3O5. The molecular weight excluding hydrogens is 470 g/mol. The molecule has 0 saturated carbocycles. The van der Waals surface area contributed by atoms with E-state index in [0.717, 1.165) is 40.0 Å². The highest BCUT2D eigenvalue weighted by Gasteiger charge is 2.54. The number of methoxy groups -OCH3 is 2. The number of hydrogen-bond acceptors (Lipinski definition) is 5. The number of aryl methyl sites for hydroxylation is 1. The number of benzene rings is 3. The normalized spacial score (nSPS) is 18.5. The van der Waals surface area contributed by atoms with Gasteiger partial charge in [0.05, 0.1) is 20.3 Å². The highest BCUT2D eigenvalue weighted by molar-refractivity contribution is 6.09. The summed E-state index contributed by atoms with van der Waals surface area (Å²) in [5.41, 5.74) is 2.41. The maximum atomic E-state index is 13.6. The van der Waals surface area contributed by atoms with Gasteiger partial charge in [-0.15, -0.1) is 0 Å². The average Bonchev–Trinajstić information content (AvgIpc) is 3.16. The van der Waals surface area contributed by atoms with Gasteiger partial charge in [-0.2, -0.15) is 0 Å². The molecule has 4 amide bonds. The van der Waals surface area contributed by atoms with Gasteiger partial charge in [0.2, 0.25) is 5.91 Å². The molecule has 8 nitrogen and oxygen atoms in total. The molecule has 5 rings (SSSR count). The Kier molecular flexibility index (Phi) is 6.56. The lowest BCUT2D eigenvalue weighted by atomic mass is 9.76. The largest absolute Gasteiger partial charge is 0.497 e. The number of nitrogens with zero attached hydrogens (tertiary/aromatic N) is 1. The van der Waals surface area contributed by atoms with E-state index in [1.165, 1.54) is 0 Å². The van der Waals surface area contributed by atoms with Crippen LogP contribution in [0.2, 0.25) is 0 Å². The van der Waals surface area contributed by atoms with Crippen LogP contribution in [0.4, 0.5) is 4.79 Å². The number of hydrogen-bond donors (Lipinski definition) is 2. The fourth-order valence-electron chi connectivity index (χ4n) is 5.26. The topological polar surface area (TPSA) is 97.0 Å². The number of carbonyl (C=O) groups is 3. The minimum Gasteiger partial charge on any atom is -0.497 e. The molecule has 0 aromatic heterocycles. The zero-order chi connectivity index (χ0) is 26.0. The Morgan fingerprint density at radius 3 is 2.14 bits per heavy atom. The first-order chi connectivity index (χ1) is 17.9. The number of urea groups is 1. The summed E-state index contributed by atoms with van der Waals surface area (Å²) in [7, 11) is 3.18. The maximum absolute atomic E-state index is 13.6. The van der Waals surface area contributed by atoms with Gasteiger partial charge in [-0.1, -0.05) is 48.5 Å². The Hall–Kier alpha value is -4.33. The predicted octanol–water partition coefficient (Wildman–Crippen LogP) is 3.69. The van der Waals surface area contributed by atoms with Gasteiger partial charge in [0, 0.05) is 0 Å². The molecule has 2 aliphatic rings. The van der Waals surface area contributed by atoms with Crippen LogP contribution in [0.5, 0.6) is 11.5 Å². The van der Waals surface area contributed by atoms with E-state index in [-0.39, 0.29) is 12.5 Å². The van der Waals surface area contributed by atoms with E-state index in [1.807, 2.05) is 72.8 Å². The second kappa shape index (κ2) is 9.97. The van der Waals surface area contributed by atoms with E-state index in [1.54, 1.807) is 14.2 Å². The van der Waals surface area contributed by atoms with Gasteiger partial charge in [0.15, 0.2) is 0 Å². The SMILES string of the molecule is COc1ccc(C(NC(=O)CN2C(=O)NC3(CCCc4ccccc43)C2=O)c2ccc(OC)cc2)cc1. The number of amides is 4. The molecule has 1 fully saturated rings. The molecule has 3 aromatic rings. The van der Waals surface area contributed by atoms with E-state index >= 15 is 0 Å². The second-order valence-corrected chi connectivity index (χ2v) is 9.28. The predicted molar refractivity (Wildman–Crippen MR) is 137 cm³/mol. The minimum absolute atomic E-state index is 0.378. The molecule has 0 bridgehead atoms. The number of imide groups is 1. The Balaban J connectivity index is 1.38. The van der Waals surface area contributed by atoms with Crippen molar-refractivity contribution in [3.05, 3.63) is 95.1 Å². The summed E-state index contributed by atoms with van der Waals surface area (Å²) in [4.78, 5) is 40.8. The molecule has 8 heteroatoms. The fraction of sp³-hybridized carbons (Fsp3) is 0.276. The summed E-state index contributed by atoms with van der Waals surface area (Å²) < 4.78 is 10.5. The third kappa shape index (κ3) is 4.50. The Labute approximate surface area is 215 Å². The van der Waals surface area contributed by atoms with Crippen molar-refractivity contribution in [2.45, 2.75) is 30.8 Å². The molecule has 1 aliphatic heterocycles. The fourth-order valence-corrected chi connectivity index (χ4v) is 5.26. The first-order valence-corrected chi connectivity index (χ1v) is 12.2. The summed E-state index contributed by atoms with van der Waals surface area (Å²) in [6, 6.07) is 21.4. The van der Waals surface area contributed by atoms with Crippen LogP contribution >= 0.6 is 0 Å². The quantitative estimate of drug-likeness (QED) is 0.484. The van der Waals surface area contributed by atoms with Crippen molar-refractivity contribution in [1.29, 1.82) is 0 Å². The Morgan fingerprint density at radius 2 is 1.54 bits per heavy atom. The van der Waals surface area contributed by atoms with Gasteiger partial charge in [-0.25, -0.2) is 4.79 Å². The third-order valence-corrected chi connectivity index (χ3v) is 7.16. The number of carbonyl (C=O) groups excluding carboxylic acids is 3. The van der Waals surface area contributed by atoms with Gasteiger partial charge >= 0.3 is 6.03 Å². The molecule has 37 heavy (non-hydrogen) atoms. The summed E-state index contributed by atoms with van der Waals surface area (Å²) in [5, 5.41) is 5.91. The molecule has 1 heterocycles. The third-order valence-electron chi connectivity index (χ3n) is 7.16. The van der Waals surface area contributed by atoms with Crippen molar-refractivity contribution in [2.24, 2.45) is 0 Å². The molecule has 1 atom stereocenters. The molecule has 0 radical (unpaired) electrons. The van der Waals surface area contributed by atoms with Crippen LogP contribution in [-0.2, 0) is 21.5 Å². The van der Waals surface area contributed by atoms with Crippen LogP contribution in [-0.4, -0.2) is 43.5 Å². The lowest BCUT2D eigenvalue weighted by molar-refractivity contribution is -0.135. The smallest absolute Gasteiger partial charge is 0.325 e. The summed E-state index contributed by atoms with van der Waals surface area (Å²) in [5.74, 6) is 0.563. The highest BCUT2D eigenvalue weighted by Crippen LogP contribution is 2.39. The zero-order valence-corrected chi connectivity index (χ0v) is 20.8. The zero-order valence-electron chi connectivity index (χ0n) is 20.8. The molecule has 190 valence electrons. The summed E-state index contributed by atoms with van der Waals surface area (Å²) in [6.07, 6.45) is 2.14. The van der Waals surface area contributed by atoms with Gasteiger partial charge in [0.25, 0.3) is 5.91 Å². The lowest BCUT2D eigenvalue weighted by Crippen LogP contribution is -2.47. The first kappa shape index (κ1) is 24.4. The van der Waals surface area contributed by atoms with Crippen LogP contribution in [0, 0.1) is 0 Å². The van der Waals surface area contributed by atoms with Crippen molar-refractivity contribution >= 4 is 17.8 Å². The van der Waals surface area contributed by atoms with E-state index in [9.17, 15) is 14.4 Å². The minimum atomic E-state index is -1.11. The lowest BCUT2D eigenvalue weighted by Gasteiger charge is -2.33. The van der Waals surface area contributed by atoms with Gasteiger partial charge in [-0.3, -0.25) is 14.5 Å². The Bertz CT molecular complexity index is 1270. The van der Waals surface area contributed by atoms with Crippen molar-refractivity contribution in [3.8, 4) is 11.5 Å². The number of nitrogens with one attached hydrogen (secondary N) is 2. The number of fused-ring (bicyclic) bond motifs is 2. The number of ether oxygens (including phenoxy) is 2. The van der Waals surface area contributed by atoms with Gasteiger partial charge in [-0.05, 0) is 65.8 Å². The molecule has 1 unspecified atom stereocenters. The van der Waals surface area contributed by atoms with E-state index in [0.29, 0.717) is 17.9 Å².